The smallest absolute Gasteiger partial charge is 0.437 e. The van der Waals surface area contributed by atoms with E-state index in [4.69, 9.17) is 0 Å². The Labute approximate surface area is 125 Å². The first-order valence-electron chi connectivity index (χ1n) is 5.91. The number of carbonyl (C=O) groups is 1. The van der Waals surface area contributed by atoms with E-state index in [1.165, 1.54) is 18.3 Å². The van der Waals surface area contributed by atoms with Crippen molar-refractivity contribution >= 4 is 21.9 Å². The number of anilines is 1. The Morgan fingerprint density at radius 1 is 1.18 bits per heavy atom. The molecule has 7 nitrogen and oxygen atoms in total. The zero-order chi connectivity index (χ0) is 16.2. The van der Waals surface area contributed by atoms with E-state index in [-0.39, 0.29) is 16.5 Å². The summed E-state index contributed by atoms with van der Waals surface area (Å²) in [6.07, 6.45) is 0.228. The second-order valence-corrected chi connectivity index (χ2v) is 5.68. The summed E-state index contributed by atoms with van der Waals surface area (Å²) in [7, 11) is -2.71. The molecular weight excluding hydrogens is 315 g/mol. The predicted molar refractivity (Wildman–Crippen MR) is 74.5 cm³/mol. The van der Waals surface area contributed by atoms with Crippen molar-refractivity contribution in [3.8, 4) is 5.88 Å². The summed E-state index contributed by atoms with van der Waals surface area (Å²) in [5.74, 6) is -0.582. The molecule has 0 aliphatic rings. The molecule has 0 unspecified atom stereocenters. The molecule has 0 aliphatic carbocycles. The van der Waals surface area contributed by atoms with Crippen LogP contribution in [0.5, 0.6) is 5.88 Å². The van der Waals surface area contributed by atoms with E-state index in [2.05, 4.69) is 19.2 Å². The van der Waals surface area contributed by atoms with Gasteiger partial charge in [-0.1, -0.05) is 0 Å². The Morgan fingerprint density at radius 3 is 2.41 bits per heavy atom. The molecule has 1 aromatic carbocycles. The number of sulfonamides is 1. The molecule has 0 bridgehead atoms. The van der Waals surface area contributed by atoms with Crippen LogP contribution in [0, 0.1) is 5.82 Å². The number of methoxy groups -OCH3 is 1. The Kier molecular flexibility index (Phi) is 4.56. The van der Waals surface area contributed by atoms with Gasteiger partial charge in [-0.15, -0.1) is 0 Å². The first-order chi connectivity index (χ1) is 10.4. The molecule has 0 saturated heterocycles. The number of benzene rings is 1. The van der Waals surface area contributed by atoms with Crippen LogP contribution < -0.4 is 9.46 Å². The summed E-state index contributed by atoms with van der Waals surface area (Å²) in [6, 6.07) is 7.01. The van der Waals surface area contributed by atoms with Crippen LogP contribution in [0.15, 0.2) is 47.5 Å². The molecule has 1 N–H and O–H groups in total. The Hall–Kier alpha value is -2.68. The highest BCUT2D eigenvalue weighted by atomic mass is 32.2. The summed E-state index contributed by atoms with van der Waals surface area (Å²) in [4.78, 5) is 14.5. The summed E-state index contributed by atoms with van der Waals surface area (Å²) in [5, 5.41) is 0. The molecule has 0 fully saturated rings. The van der Waals surface area contributed by atoms with E-state index in [0.717, 1.165) is 31.4 Å². The summed E-state index contributed by atoms with van der Waals surface area (Å²) < 4.78 is 48.1. The van der Waals surface area contributed by atoms with Crippen LogP contribution in [0.2, 0.25) is 0 Å². The van der Waals surface area contributed by atoms with Gasteiger partial charge in [0, 0.05) is 6.07 Å². The third-order valence-corrected chi connectivity index (χ3v) is 3.86. The van der Waals surface area contributed by atoms with Gasteiger partial charge in [-0.2, -0.15) is 0 Å². The monoisotopic (exact) mass is 326 g/mol. The normalized spacial score (nSPS) is 10.8. The number of hydrogen-bond donors (Lipinski definition) is 1. The van der Waals surface area contributed by atoms with Gasteiger partial charge in [0.2, 0.25) is 5.88 Å². The van der Waals surface area contributed by atoms with Crippen molar-refractivity contribution in [1.29, 1.82) is 0 Å². The van der Waals surface area contributed by atoms with Crippen LogP contribution in [-0.4, -0.2) is 26.7 Å². The molecule has 0 spiro atoms. The number of halogens is 1. The Balaban J connectivity index is 2.13. The number of carbonyl (C=O) groups excluding carboxylic acids is 1. The van der Waals surface area contributed by atoms with E-state index in [1.807, 2.05) is 0 Å². The van der Waals surface area contributed by atoms with Gasteiger partial charge in [0.1, 0.15) is 5.82 Å². The molecule has 116 valence electrons. The van der Waals surface area contributed by atoms with E-state index in [1.54, 1.807) is 0 Å². The van der Waals surface area contributed by atoms with Crippen LogP contribution in [-0.2, 0) is 14.8 Å². The van der Waals surface area contributed by atoms with Crippen LogP contribution in [0.4, 0.5) is 14.9 Å². The van der Waals surface area contributed by atoms with Crippen molar-refractivity contribution in [2.45, 2.75) is 4.90 Å². The minimum atomic E-state index is -3.86. The fraction of sp³-hybridized carbons (Fsp3) is 0.0769. The summed E-state index contributed by atoms with van der Waals surface area (Å²) in [6.45, 7) is 0. The Morgan fingerprint density at radius 2 is 1.86 bits per heavy atom. The van der Waals surface area contributed by atoms with Gasteiger partial charge >= 0.3 is 6.16 Å². The lowest BCUT2D eigenvalue weighted by atomic mass is 10.4. The highest BCUT2D eigenvalue weighted by Gasteiger charge is 2.14. The van der Waals surface area contributed by atoms with Crippen molar-refractivity contribution in [3.05, 3.63) is 48.4 Å². The summed E-state index contributed by atoms with van der Waals surface area (Å²) in [5.41, 5.74) is 0.154. The van der Waals surface area contributed by atoms with Gasteiger partial charge < -0.3 is 9.47 Å². The van der Waals surface area contributed by atoms with Gasteiger partial charge in [-0.3, -0.25) is 4.72 Å². The largest absolute Gasteiger partial charge is 0.514 e. The SMILES string of the molecule is COC(=O)Oc1ccc(NS(=O)(=O)c2ccc(F)cc2)cn1. The Bertz CT molecular complexity index is 760. The molecular formula is C13H11FN2O5S. The number of nitrogens with zero attached hydrogens (tertiary/aromatic N) is 1. The lowest BCUT2D eigenvalue weighted by Crippen LogP contribution is -2.13. The maximum atomic E-state index is 12.8. The molecule has 0 atom stereocenters. The molecule has 1 heterocycles. The van der Waals surface area contributed by atoms with Crippen LogP contribution in [0.1, 0.15) is 0 Å². The van der Waals surface area contributed by atoms with Crippen molar-refractivity contribution in [1.82, 2.24) is 4.98 Å². The molecule has 22 heavy (non-hydrogen) atoms. The molecule has 0 amide bonds. The average molecular weight is 326 g/mol. The maximum Gasteiger partial charge on any atom is 0.514 e. The number of pyridine rings is 1. The average Bonchev–Trinajstić information content (AvgIpc) is 2.49. The van der Waals surface area contributed by atoms with Gasteiger partial charge in [-0.25, -0.2) is 22.6 Å². The van der Waals surface area contributed by atoms with Crippen molar-refractivity contribution in [2.24, 2.45) is 0 Å². The molecule has 9 heteroatoms. The fourth-order valence-electron chi connectivity index (χ4n) is 1.46. The van der Waals surface area contributed by atoms with Gasteiger partial charge in [-0.05, 0) is 30.3 Å². The minimum absolute atomic E-state index is 0.0448. The highest BCUT2D eigenvalue weighted by molar-refractivity contribution is 7.92. The first-order valence-corrected chi connectivity index (χ1v) is 7.39. The highest BCUT2D eigenvalue weighted by Crippen LogP contribution is 2.17. The molecule has 2 rings (SSSR count). The number of aromatic nitrogens is 1. The van der Waals surface area contributed by atoms with Crippen molar-refractivity contribution < 1.29 is 27.1 Å². The second-order valence-electron chi connectivity index (χ2n) is 4.00. The van der Waals surface area contributed by atoms with E-state index in [9.17, 15) is 17.6 Å². The standard InChI is InChI=1S/C13H11FN2O5S/c1-20-13(17)21-12-7-4-10(8-15-12)16-22(18,19)11-5-2-9(14)3-6-11/h2-8,16H,1H3. The predicted octanol–water partition coefficient (Wildman–Crippen LogP) is 2.17. The van der Waals surface area contributed by atoms with E-state index < -0.39 is 22.0 Å². The number of nitrogens with one attached hydrogen (secondary N) is 1. The first kappa shape index (κ1) is 15.7. The van der Waals surface area contributed by atoms with Crippen LogP contribution in [0.3, 0.4) is 0 Å². The second kappa shape index (κ2) is 6.39. The van der Waals surface area contributed by atoms with Gasteiger partial charge in [0.25, 0.3) is 10.0 Å². The lowest BCUT2D eigenvalue weighted by Gasteiger charge is -2.08. The minimum Gasteiger partial charge on any atom is -0.437 e. The van der Waals surface area contributed by atoms with Crippen LogP contribution >= 0.6 is 0 Å². The van der Waals surface area contributed by atoms with Crippen molar-refractivity contribution in [3.63, 3.8) is 0 Å². The zero-order valence-electron chi connectivity index (χ0n) is 11.3. The summed E-state index contributed by atoms with van der Waals surface area (Å²) >= 11 is 0. The quantitative estimate of drug-likeness (QED) is 0.865. The third kappa shape index (κ3) is 3.92. The number of ether oxygens (including phenoxy) is 2. The number of rotatable bonds is 4. The van der Waals surface area contributed by atoms with Crippen molar-refractivity contribution in [2.75, 3.05) is 11.8 Å². The molecule has 2 aromatic rings. The van der Waals surface area contributed by atoms with Crippen LogP contribution in [0.25, 0.3) is 0 Å². The van der Waals surface area contributed by atoms with Gasteiger partial charge in [0.15, 0.2) is 0 Å². The lowest BCUT2D eigenvalue weighted by molar-refractivity contribution is 0.119. The van der Waals surface area contributed by atoms with E-state index in [0.29, 0.717) is 0 Å². The number of hydrogen-bond acceptors (Lipinski definition) is 6. The van der Waals surface area contributed by atoms with E-state index >= 15 is 0 Å². The topological polar surface area (TPSA) is 94.6 Å². The third-order valence-electron chi connectivity index (χ3n) is 2.47. The molecule has 1 aromatic heterocycles. The molecule has 0 aliphatic heterocycles. The van der Waals surface area contributed by atoms with Gasteiger partial charge in [0.05, 0.1) is 23.9 Å². The fourth-order valence-corrected chi connectivity index (χ4v) is 2.50. The maximum absolute atomic E-state index is 12.8. The zero-order valence-corrected chi connectivity index (χ0v) is 12.1. The molecule has 0 radical (unpaired) electrons. The molecule has 0 saturated carbocycles.